The number of nitrogens with zero attached hydrogens (tertiary/aromatic N) is 2. The molecule has 19 heavy (non-hydrogen) atoms. The SMILES string of the molecule is NC(CCn1cncc1C1CCC1)c1ccccc1. The van der Waals surface area contributed by atoms with E-state index in [9.17, 15) is 0 Å². The van der Waals surface area contributed by atoms with Crippen LogP contribution in [0.4, 0.5) is 0 Å². The molecule has 3 nitrogen and oxygen atoms in total. The lowest BCUT2D eigenvalue weighted by molar-refractivity contribution is 0.392. The zero-order valence-electron chi connectivity index (χ0n) is 11.2. The Morgan fingerprint density at radius 3 is 2.74 bits per heavy atom. The fourth-order valence-corrected chi connectivity index (χ4v) is 2.71. The van der Waals surface area contributed by atoms with Gasteiger partial charge in [0.05, 0.1) is 6.33 Å². The minimum atomic E-state index is 0.109. The van der Waals surface area contributed by atoms with Crippen LogP contribution in [-0.4, -0.2) is 9.55 Å². The van der Waals surface area contributed by atoms with E-state index in [0.717, 1.165) is 18.9 Å². The Morgan fingerprint density at radius 2 is 2.05 bits per heavy atom. The number of imidazole rings is 1. The van der Waals surface area contributed by atoms with Gasteiger partial charge in [0.1, 0.15) is 0 Å². The number of rotatable bonds is 5. The molecule has 2 aromatic rings. The van der Waals surface area contributed by atoms with Crippen molar-refractivity contribution in [3.05, 3.63) is 54.1 Å². The van der Waals surface area contributed by atoms with Crippen molar-refractivity contribution in [1.82, 2.24) is 9.55 Å². The largest absolute Gasteiger partial charge is 0.334 e. The summed E-state index contributed by atoms with van der Waals surface area (Å²) in [6, 6.07) is 10.4. The summed E-state index contributed by atoms with van der Waals surface area (Å²) in [7, 11) is 0. The van der Waals surface area contributed by atoms with Gasteiger partial charge < -0.3 is 10.3 Å². The van der Waals surface area contributed by atoms with Gasteiger partial charge in [-0.15, -0.1) is 0 Å². The van der Waals surface area contributed by atoms with Gasteiger partial charge in [0, 0.05) is 30.4 Å². The van der Waals surface area contributed by atoms with E-state index in [1.165, 1.54) is 30.5 Å². The molecule has 0 amide bonds. The molecule has 1 aliphatic carbocycles. The first-order chi connectivity index (χ1) is 9.34. The summed E-state index contributed by atoms with van der Waals surface area (Å²) in [6.07, 6.45) is 8.93. The molecule has 3 heteroatoms. The normalized spacial score (nSPS) is 17.1. The average molecular weight is 255 g/mol. The third-order valence-corrected chi connectivity index (χ3v) is 4.18. The highest BCUT2D eigenvalue weighted by atomic mass is 15.0. The summed E-state index contributed by atoms with van der Waals surface area (Å²) in [5.41, 5.74) is 8.86. The minimum absolute atomic E-state index is 0.109. The highest BCUT2D eigenvalue weighted by molar-refractivity contribution is 5.18. The number of nitrogens with two attached hydrogens (primary N) is 1. The van der Waals surface area contributed by atoms with Gasteiger partial charge in [-0.2, -0.15) is 0 Å². The highest BCUT2D eigenvalue weighted by Gasteiger charge is 2.22. The first-order valence-electron chi connectivity index (χ1n) is 7.15. The van der Waals surface area contributed by atoms with Gasteiger partial charge in [0.25, 0.3) is 0 Å². The van der Waals surface area contributed by atoms with Crippen molar-refractivity contribution in [3.63, 3.8) is 0 Å². The molecular weight excluding hydrogens is 234 g/mol. The monoisotopic (exact) mass is 255 g/mol. The lowest BCUT2D eigenvalue weighted by Crippen LogP contribution is -2.17. The summed E-state index contributed by atoms with van der Waals surface area (Å²) in [6.45, 7) is 0.960. The van der Waals surface area contributed by atoms with Gasteiger partial charge in [-0.1, -0.05) is 36.8 Å². The van der Waals surface area contributed by atoms with Crippen molar-refractivity contribution in [2.45, 2.75) is 44.2 Å². The first kappa shape index (κ1) is 12.4. The number of aryl methyl sites for hydroxylation is 1. The Balaban J connectivity index is 1.61. The highest BCUT2D eigenvalue weighted by Crippen LogP contribution is 2.36. The van der Waals surface area contributed by atoms with Crippen molar-refractivity contribution >= 4 is 0 Å². The summed E-state index contributed by atoms with van der Waals surface area (Å²) in [5.74, 6) is 0.732. The molecule has 1 fully saturated rings. The van der Waals surface area contributed by atoms with E-state index in [0.29, 0.717) is 0 Å². The van der Waals surface area contributed by atoms with Crippen LogP contribution in [0.2, 0.25) is 0 Å². The Hall–Kier alpha value is -1.61. The fraction of sp³-hybridized carbons (Fsp3) is 0.438. The predicted molar refractivity (Wildman–Crippen MR) is 76.8 cm³/mol. The predicted octanol–water partition coefficient (Wildman–Crippen LogP) is 3.24. The van der Waals surface area contributed by atoms with Crippen LogP contribution in [0.15, 0.2) is 42.9 Å². The van der Waals surface area contributed by atoms with E-state index in [2.05, 4.69) is 21.7 Å². The van der Waals surface area contributed by atoms with Gasteiger partial charge in [-0.25, -0.2) is 4.98 Å². The third-order valence-electron chi connectivity index (χ3n) is 4.18. The molecular formula is C16H21N3. The number of hydrogen-bond donors (Lipinski definition) is 1. The standard InChI is InChI=1S/C16H21N3/c17-15(13-5-2-1-3-6-13)9-10-19-12-18-11-16(19)14-7-4-8-14/h1-3,5-6,11-12,14-15H,4,7-10,17H2. The third kappa shape index (κ3) is 2.71. The van der Waals surface area contributed by atoms with Gasteiger partial charge in [-0.3, -0.25) is 0 Å². The summed E-state index contributed by atoms with van der Waals surface area (Å²) < 4.78 is 2.28. The molecule has 0 aliphatic heterocycles. The van der Waals surface area contributed by atoms with E-state index in [-0.39, 0.29) is 6.04 Å². The summed E-state index contributed by atoms with van der Waals surface area (Å²) in [4.78, 5) is 4.30. The van der Waals surface area contributed by atoms with Crippen LogP contribution < -0.4 is 5.73 Å². The minimum Gasteiger partial charge on any atom is -0.334 e. The van der Waals surface area contributed by atoms with Gasteiger partial charge in [0.15, 0.2) is 0 Å². The van der Waals surface area contributed by atoms with Crippen LogP contribution in [0.1, 0.15) is 48.9 Å². The smallest absolute Gasteiger partial charge is 0.0948 e. The first-order valence-corrected chi connectivity index (χ1v) is 7.15. The van der Waals surface area contributed by atoms with Crippen molar-refractivity contribution in [2.24, 2.45) is 5.73 Å². The molecule has 1 unspecified atom stereocenters. The van der Waals surface area contributed by atoms with Crippen molar-refractivity contribution in [3.8, 4) is 0 Å². The van der Waals surface area contributed by atoms with Gasteiger partial charge in [0.2, 0.25) is 0 Å². The molecule has 0 spiro atoms. The van der Waals surface area contributed by atoms with Crippen LogP contribution >= 0.6 is 0 Å². The van der Waals surface area contributed by atoms with E-state index in [1.807, 2.05) is 30.7 Å². The quantitative estimate of drug-likeness (QED) is 0.891. The molecule has 3 rings (SSSR count). The van der Waals surface area contributed by atoms with Crippen LogP contribution in [0, 0.1) is 0 Å². The Labute approximate surface area is 114 Å². The Morgan fingerprint density at radius 1 is 1.26 bits per heavy atom. The zero-order chi connectivity index (χ0) is 13.1. The van der Waals surface area contributed by atoms with E-state index < -0.39 is 0 Å². The van der Waals surface area contributed by atoms with E-state index in [1.54, 1.807) is 0 Å². The maximum Gasteiger partial charge on any atom is 0.0948 e. The van der Waals surface area contributed by atoms with Crippen LogP contribution in [-0.2, 0) is 6.54 Å². The number of hydrogen-bond acceptors (Lipinski definition) is 2. The molecule has 1 atom stereocenters. The topological polar surface area (TPSA) is 43.8 Å². The molecule has 1 heterocycles. The summed E-state index contributed by atoms with van der Waals surface area (Å²) in [5, 5.41) is 0. The van der Waals surface area contributed by atoms with Crippen LogP contribution in [0.5, 0.6) is 0 Å². The lowest BCUT2D eigenvalue weighted by atomic mass is 9.83. The van der Waals surface area contributed by atoms with Crippen molar-refractivity contribution < 1.29 is 0 Å². The lowest BCUT2D eigenvalue weighted by Gasteiger charge is -2.26. The molecule has 1 aromatic heterocycles. The molecule has 0 saturated heterocycles. The maximum atomic E-state index is 6.25. The molecule has 1 aliphatic rings. The van der Waals surface area contributed by atoms with Crippen LogP contribution in [0.25, 0.3) is 0 Å². The fourth-order valence-electron chi connectivity index (χ4n) is 2.71. The Kier molecular flexibility index (Phi) is 3.65. The zero-order valence-corrected chi connectivity index (χ0v) is 11.2. The van der Waals surface area contributed by atoms with Crippen molar-refractivity contribution in [1.29, 1.82) is 0 Å². The van der Waals surface area contributed by atoms with Gasteiger partial charge in [-0.05, 0) is 24.8 Å². The van der Waals surface area contributed by atoms with E-state index >= 15 is 0 Å². The molecule has 0 radical (unpaired) electrons. The Bertz CT molecular complexity index is 514. The second-order valence-electron chi connectivity index (χ2n) is 5.45. The van der Waals surface area contributed by atoms with E-state index in [4.69, 9.17) is 5.73 Å². The molecule has 2 N–H and O–H groups in total. The average Bonchev–Trinajstić information content (AvgIpc) is 2.83. The maximum absolute atomic E-state index is 6.25. The second kappa shape index (κ2) is 5.57. The van der Waals surface area contributed by atoms with Crippen LogP contribution in [0.3, 0.4) is 0 Å². The number of benzene rings is 1. The second-order valence-corrected chi connectivity index (χ2v) is 5.45. The molecule has 1 aromatic carbocycles. The van der Waals surface area contributed by atoms with Crippen molar-refractivity contribution in [2.75, 3.05) is 0 Å². The summed E-state index contributed by atoms with van der Waals surface area (Å²) >= 11 is 0. The molecule has 1 saturated carbocycles. The molecule has 100 valence electrons. The number of aromatic nitrogens is 2. The molecule has 0 bridgehead atoms. The van der Waals surface area contributed by atoms with Gasteiger partial charge >= 0.3 is 0 Å².